The highest BCUT2D eigenvalue weighted by atomic mass is 16.5. The number of aryl methyl sites for hydroxylation is 1. The van der Waals surface area contributed by atoms with Crippen molar-refractivity contribution < 1.29 is 14.3 Å². The number of anilines is 1. The van der Waals surface area contributed by atoms with E-state index in [1.807, 2.05) is 26.0 Å². The molecule has 0 unspecified atom stereocenters. The van der Waals surface area contributed by atoms with Gasteiger partial charge in [0.2, 0.25) is 5.91 Å². The minimum atomic E-state index is -0.353. The minimum absolute atomic E-state index is 0.310. The molecule has 2 fully saturated rings. The number of ether oxygens (including phenoxy) is 1. The lowest BCUT2D eigenvalue weighted by Gasteiger charge is -2.33. The summed E-state index contributed by atoms with van der Waals surface area (Å²) >= 11 is 0. The van der Waals surface area contributed by atoms with Crippen molar-refractivity contribution in [3.05, 3.63) is 94.3 Å². The number of carbonyl (C=O) groups is 2. The summed E-state index contributed by atoms with van der Waals surface area (Å²) in [4.78, 5) is 34.8. The molecule has 7 rings (SSSR count). The van der Waals surface area contributed by atoms with Gasteiger partial charge in [-0.1, -0.05) is 56.3 Å². The zero-order chi connectivity index (χ0) is 32.5. The van der Waals surface area contributed by atoms with Crippen LogP contribution < -0.4 is 4.90 Å². The Balaban J connectivity index is 1.12. The SMILES string of the molecule is CCOC(=O)c1cnn(-c2cccc(-c3cccc4c3N(Cc3ccc(C5CCN(C(=O)C6CC6)CC5)c(CC)c3)CC4)n2)c1CC. The lowest BCUT2D eigenvalue weighted by atomic mass is 9.85. The van der Waals surface area contributed by atoms with E-state index in [0.717, 1.165) is 81.7 Å². The molecule has 0 atom stereocenters. The third-order valence-corrected chi connectivity index (χ3v) is 10.1. The van der Waals surface area contributed by atoms with Crippen LogP contribution in [0.3, 0.4) is 0 Å². The smallest absolute Gasteiger partial charge is 0.341 e. The Kier molecular flexibility index (Phi) is 8.84. The second-order valence-electron chi connectivity index (χ2n) is 13.1. The van der Waals surface area contributed by atoms with Gasteiger partial charge in [-0.2, -0.15) is 5.10 Å². The fraction of sp³-hybridized carbons (Fsp3) is 0.436. The molecule has 8 nitrogen and oxygen atoms in total. The second kappa shape index (κ2) is 13.3. The number of likely N-dealkylation sites (tertiary alicyclic amines) is 1. The molecule has 47 heavy (non-hydrogen) atoms. The quantitative estimate of drug-likeness (QED) is 0.177. The van der Waals surface area contributed by atoms with Crippen molar-refractivity contribution in [3.8, 4) is 17.1 Å². The first kappa shape index (κ1) is 31.2. The van der Waals surface area contributed by atoms with Crippen LogP contribution in [0.15, 0.2) is 60.8 Å². The number of rotatable bonds is 10. The molecule has 4 heterocycles. The molecule has 2 aromatic carbocycles. The number of hydrogen-bond donors (Lipinski definition) is 0. The molecule has 0 spiro atoms. The maximum Gasteiger partial charge on any atom is 0.341 e. The fourth-order valence-corrected chi connectivity index (χ4v) is 7.56. The van der Waals surface area contributed by atoms with E-state index in [-0.39, 0.29) is 5.97 Å². The molecule has 1 saturated carbocycles. The number of carbonyl (C=O) groups excluding carboxylic acids is 2. The average molecular weight is 632 g/mol. The molecule has 0 radical (unpaired) electrons. The summed E-state index contributed by atoms with van der Waals surface area (Å²) in [5.41, 5.74) is 10.1. The summed E-state index contributed by atoms with van der Waals surface area (Å²) in [5.74, 6) is 1.55. The third-order valence-electron chi connectivity index (χ3n) is 10.1. The van der Waals surface area contributed by atoms with Crippen LogP contribution in [0.1, 0.15) is 90.7 Å². The summed E-state index contributed by atoms with van der Waals surface area (Å²) in [7, 11) is 0. The molecule has 1 saturated heterocycles. The van der Waals surface area contributed by atoms with Crippen LogP contribution in [0.4, 0.5) is 5.69 Å². The highest BCUT2D eigenvalue weighted by Gasteiger charge is 2.35. The third kappa shape index (κ3) is 6.18. The van der Waals surface area contributed by atoms with Crippen molar-refractivity contribution in [2.75, 3.05) is 31.1 Å². The van der Waals surface area contributed by atoms with Gasteiger partial charge in [0.05, 0.1) is 24.2 Å². The van der Waals surface area contributed by atoms with Crippen molar-refractivity contribution in [1.82, 2.24) is 19.7 Å². The first-order chi connectivity index (χ1) is 23.0. The molecule has 2 aromatic heterocycles. The molecule has 1 amide bonds. The molecule has 244 valence electrons. The Morgan fingerprint density at radius 1 is 0.915 bits per heavy atom. The average Bonchev–Trinajstić information content (AvgIpc) is 3.74. The number of benzene rings is 2. The van der Waals surface area contributed by atoms with Crippen molar-refractivity contribution >= 4 is 17.6 Å². The monoisotopic (exact) mass is 631 g/mol. The van der Waals surface area contributed by atoms with E-state index in [1.165, 1.54) is 27.9 Å². The highest BCUT2D eigenvalue weighted by molar-refractivity contribution is 5.90. The number of hydrogen-bond acceptors (Lipinski definition) is 6. The predicted molar refractivity (Wildman–Crippen MR) is 184 cm³/mol. The van der Waals surface area contributed by atoms with Crippen molar-refractivity contribution in [2.45, 2.75) is 78.2 Å². The minimum Gasteiger partial charge on any atom is -0.462 e. The van der Waals surface area contributed by atoms with Crippen LogP contribution in [0.5, 0.6) is 0 Å². The highest BCUT2D eigenvalue weighted by Crippen LogP contribution is 2.40. The first-order valence-electron chi connectivity index (χ1n) is 17.5. The normalized spacial score (nSPS) is 16.4. The number of esters is 1. The molecule has 0 bridgehead atoms. The Morgan fingerprint density at radius 2 is 1.72 bits per heavy atom. The molecule has 4 aromatic rings. The van der Waals surface area contributed by atoms with Crippen LogP contribution in [-0.4, -0.2) is 57.8 Å². The molecular formula is C39H45N5O3. The lowest BCUT2D eigenvalue weighted by Crippen LogP contribution is -2.38. The van der Waals surface area contributed by atoms with E-state index in [0.29, 0.717) is 42.2 Å². The van der Waals surface area contributed by atoms with Crippen LogP contribution in [0.2, 0.25) is 0 Å². The van der Waals surface area contributed by atoms with Crippen LogP contribution in [0, 0.1) is 5.92 Å². The number of para-hydroxylation sites is 1. The molecule has 2 aliphatic heterocycles. The van der Waals surface area contributed by atoms with Crippen LogP contribution in [0.25, 0.3) is 17.1 Å². The Labute approximate surface area is 277 Å². The van der Waals surface area contributed by atoms with Crippen LogP contribution >= 0.6 is 0 Å². The number of amides is 1. The van der Waals surface area contributed by atoms with E-state index < -0.39 is 0 Å². The fourth-order valence-electron chi connectivity index (χ4n) is 7.56. The number of piperidine rings is 1. The van der Waals surface area contributed by atoms with E-state index in [1.54, 1.807) is 10.9 Å². The van der Waals surface area contributed by atoms with E-state index in [9.17, 15) is 9.59 Å². The number of aromatic nitrogens is 3. The molecule has 0 N–H and O–H groups in total. The van der Waals surface area contributed by atoms with Gasteiger partial charge in [-0.3, -0.25) is 4.79 Å². The second-order valence-corrected chi connectivity index (χ2v) is 13.1. The number of pyridine rings is 1. The van der Waals surface area contributed by atoms with Crippen molar-refractivity contribution in [2.24, 2.45) is 5.92 Å². The summed E-state index contributed by atoms with van der Waals surface area (Å²) in [6.07, 6.45) is 8.50. The van der Waals surface area contributed by atoms with Crippen LogP contribution in [-0.2, 0) is 35.3 Å². The van der Waals surface area contributed by atoms with E-state index in [4.69, 9.17) is 9.72 Å². The van der Waals surface area contributed by atoms with Gasteiger partial charge in [0.25, 0.3) is 0 Å². The summed E-state index contributed by atoms with van der Waals surface area (Å²) in [5, 5.41) is 4.54. The Hall–Kier alpha value is -4.46. The van der Waals surface area contributed by atoms with Gasteiger partial charge < -0.3 is 14.5 Å². The molecule has 1 aliphatic carbocycles. The molecule has 3 aliphatic rings. The number of nitrogens with zero attached hydrogens (tertiary/aromatic N) is 5. The number of fused-ring (bicyclic) bond motifs is 1. The zero-order valence-electron chi connectivity index (χ0n) is 27.9. The van der Waals surface area contributed by atoms with E-state index >= 15 is 0 Å². The van der Waals surface area contributed by atoms with Gasteiger partial charge in [0, 0.05) is 43.3 Å². The Bertz CT molecular complexity index is 1780. The van der Waals surface area contributed by atoms with Gasteiger partial charge in [0.1, 0.15) is 5.56 Å². The standard InChI is InChI=1S/C39H45N5O3/c1-4-27-23-26(13-16-31(27)28-17-20-42(21-18-28)38(45)30-14-15-30)25-43-22-19-29-9-7-10-32(37(29)43)34-11-8-12-36(41-34)44-35(5-2)33(24-40-44)39(46)47-6-3/h7-13,16,23-24,28,30H,4-6,14-15,17-22,25H2,1-3H3. The van der Waals surface area contributed by atoms with Gasteiger partial charge in [-0.05, 0) is 92.2 Å². The predicted octanol–water partition coefficient (Wildman–Crippen LogP) is 6.91. The Morgan fingerprint density at radius 3 is 2.47 bits per heavy atom. The van der Waals surface area contributed by atoms with Crippen molar-refractivity contribution in [1.29, 1.82) is 0 Å². The first-order valence-corrected chi connectivity index (χ1v) is 17.5. The lowest BCUT2D eigenvalue weighted by molar-refractivity contribution is -0.133. The summed E-state index contributed by atoms with van der Waals surface area (Å²) < 4.78 is 7.03. The summed E-state index contributed by atoms with van der Waals surface area (Å²) in [6, 6.07) is 19.6. The molecular weight excluding hydrogens is 586 g/mol. The molecule has 8 heteroatoms. The maximum absolute atomic E-state index is 12.6. The maximum atomic E-state index is 12.6. The zero-order valence-corrected chi connectivity index (χ0v) is 27.9. The topological polar surface area (TPSA) is 80.6 Å². The largest absolute Gasteiger partial charge is 0.462 e. The van der Waals surface area contributed by atoms with Crippen molar-refractivity contribution in [3.63, 3.8) is 0 Å². The van der Waals surface area contributed by atoms with E-state index in [2.05, 4.69) is 64.3 Å². The van der Waals surface area contributed by atoms with Gasteiger partial charge in [-0.25, -0.2) is 14.5 Å². The van der Waals surface area contributed by atoms with Gasteiger partial charge in [-0.15, -0.1) is 0 Å². The van der Waals surface area contributed by atoms with Gasteiger partial charge in [0.15, 0.2) is 5.82 Å². The summed E-state index contributed by atoms with van der Waals surface area (Å²) in [6.45, 7) is 9.99. The van der Waals surface area contributed by atoms with Gasteiger partial charge >= 0.3 is 5.97 Å².